The van der Waals surface area contributed by atoms with Crippen LogP contribution in [-0.2, 0) is 0 Å². The second-order valence-corrected chi connectivity index (χ2v) is 7.01. The van der Waals surface area contributed by atoms with Crippen molar-refractivity contribution in [1.29, 1.82) is 0 Å². The summed E-state index contributed by atoms with van der Waals surface area (Å²) in [6, 6.07) is 9.78. The number of halogens is 1. The van der Waals surface area contributed by atoms with E-state index in [9.17, 15) is 19.4 Å². The Morgan fingerprint density at radius 3 is 2.56 bits per heavy atom. The Morgan fingerprint density at radius 1 is 1.26 bits per heavy atom. The van der Waals surface area contributed by atoms with Crippen LogP contribution in [-0.4, -0.2) is 53.0 Å². The highest BCUT2D eigenvalue weighted by Gasteiger charge is 2.33. The second kappa shape index (κ2) is 8.54. The normalized spacial score (nSPS) is 17.5. The highest BCUT2D eigenvalue weighted by Crippen LogP contribution is 2.28. The number of aliphatic hydroxyl groups excluding tert-OH is 1. The Hall–Kier alpha value is -2.38. The van der Waals surface area contributed by atoms with Gasteiger partial charge >= 0.3 is 6.03 Å². The Kier molecular flexibility index (Phi) is 6.13. The lowest BCUT2D eigenvalue weighted by Gasteiger charge is -2.36. The average molecular weight is 376 g/mol. The van der Waals surface area contributed by atoms with Crippen LogP contribution in [0, 0.1) is 5.82 Å². The molecule has 1 aromatic heterocycles. The topological polar surface area (TPSA) is 85.9 Å². The van der Waals surface area contributed by atoms with E-state index in [1.807, 2.05) is 6.07 Å². The number of nitrogens with one attached hydrogen (secondary N) is 1. The number of carbonyl (C=O) groups excluding carboxylic acids is 1. The Labute approximate surface area is 157 Å². The van der Waals surface area contributed by atoms with E-state index >= 15 is 0 Å². The van der Waals surface area contributed by atoms with Crippen molar-refractivity contribution in [3.05, 3.63) is 59.8 Å². The van der Waals surface area contributed by atoms with Crippen molar-refractivity contribution < 1.29 is 23.8 Å². The van der Waals surface area contributed by atoms with E-state index in [0.717, 1.165) is 11.3 Å². The second-order valence-electron chi connectivity index (χ2n) is 7.01. The van der Waals surface area contributed by atoms with E-state index in [1.54, 1.807) is 29.4 Å². The average Bonchev–Trinajstić information content (AvgIpc) is 3.21. The van der Waals surface area contributed by atoms with Gasteiger partial charge in [-0.2, -0.15) is 0 Å². The van der Waals surface area contributed by atoms with Gasteiger partial charge in [0.1, 0.15) is 11.6 Å². The molecule has 3 N–H and O–H groups in total. The van der Waals surface area contributed by atoms with Crippen LogP contribution in [0.4, 0.5) is 9.18 Å². The molecule has 1 atom stereocenters. The van der Waals surface area contributed by atoms with Gasteiger partial charge in [-0.05, 0) is 49.1 Å². The summed E-state index contributed by atoms with van der Waals surface area (Å²) in [5, 5.41) is 22.1. The van der Waals surface area contributed by atoms with Crippen molar-refractivity contribution in [3.8, 4) is 0 Å². The molecule has 2 amide bonds. The van der Waals surface area contributed by atoms with Crippen LogP contribution in [0.15, 0.2) is 47.1 Å². The zero-order valence-corrected chi connectivity index (χ0v) is 15.1. The third kappa shape index (κ3) is 4.87. The SMILES string of the molecule is O=C(NCCC(c1ccc(F)cc1)c1ccco1)N1CCC(O)(CO)CC1. The molecular weight excluding hydrogens is 351 g/mol. The number of benzene rings is 1. The van der Waals surface area contributed by atoms with Crippen molar-refractivity contribution >= 4 is 6.03 Å². The van der Waals surface area contributed by atoms with Crippen LogP contribution in [0.25, 0.3) is 0 Å². The number of hydrogen-bond acceptors (Lipinski definition) is 4. The Bertz CT molecular complexity index is 725. The minimum absolute atomic E-state index is 0.0817. The fraction of sp³-hybridized carbons (Fsp3) is 0.450. The molecule has 1 saturated heterocycles. The largest absolute Gasteiger partial charge is 0.469 e. The van der Waals surface area contributed by atoms with E-state index in [-0.39, 0.29) is 24.4 Å². The molecule has 27 heavy (non-hydrogen) atoms. The van der Waals surface area contributed by atoms with Crippen LogP contribution in [0.2, 0.25) is 0 Å². The van der Waals surface area contributed by atoms with Crippen molar-refractivity contribution in [1.82, 2.24) is 10.2 Å². The first-order valence-electron chi connectivity index (χ1n) is 9.16. The van der Waals surface area contributed by atoms with Crippen LogP contribution in [0.1, 0.15) is 36.5 Å². The van der Waals surface area contributed by atoms with Crippen LogP contribution >= 0.6 is 0 Å². The van der Waals surface area contributed by atoms with E-state index in [2.05, 4.69) is 5.32 Å². The van der Waals surface area contributed by atoms with E-state index < -0.39 is 5.60 Å². The maximum Gasteiger partial charge on any atom is 0.317 e. The number of rotatable bonds is 6. The molecule has 146 valence electrons. The molecule has 3 rings (SSSR count). The number of furan rings is 1. The summed E-state index contributed by atoms with van der Waals surface area (Å²) >= 11 is 0. The molecule has 0 bridgehead atoms. The third-order valence-electron chi connectivity index (χ3n) is 5.14. The number of amides is 2. The van der Waals surface area contributed by atoms with Crippen molar-refractivity contribution in [2.24, 2.45) is 0 Å². The summed E-state index contributed by atoms with van der Waals surface area (Å²) in [7, 11) is 0. The minimum Gasteiger partial charge on any atom is -0.469 e. The quantitative estimate of drug-likeness (QED) is 0.723. The number of aliphatic hydroxyl groups is 2. The zero-order chi connectivity index (χ0) is 19.3. The number of carbonyl (C=O) groups is 1. The molecule has 1 aliphatic rings. The van der Waals surface area contributed by atoms with Crippen LogP contribution in [0.3, 0.4) is 0 Å². The van der Waals surface area contributed by atoms with Gasteiger partial charge in [0.2, 0.25) is 0 Å². The first-order chi connectivity index (χ1) is 13.0. The molecule has 0 aliphatic carbocycles. The lowest BCUT2D eigenvalue weighted by Crippen LogP contribution is -2.51. The van der Waals surface area contributed by atoms with Crippen molar-refractivity contribution in [3.63, 3.8) is 0 Å². The lowest BCUT2D eigenvalue weighted by atomic mass is 9.92. The highest BCUT2D eigenvalue weighted by molar-refractivity contribution is 5.74. The molecule has 1 fully saturated rings. The van der Waals surface area contributed by atoms with E-state index in [4.69, 9.17) is 4.42 Å². The van der Waals surface area contributed by atoms with Gasteiger partial charge in [-0.1, -0.05) is 12.1 Å². The number of hydrogen-bond donors (Lipinski definition) is 3. The van der Waals surface area contributed by atoms with E-state index in [1.165, 1.54) is 12.1 Å². The number of nitrogens with zero attached hydrogens (tertiary/aromatic N) is 1. The monoisotopic (exact) mass is 376 g/mol. The smallest absolute Gasteiger partial charge is 0.317 e. The zero-order valence-electron chi connectivity index (χ0n) is 15.1. The summed E-state index contributed by atoms with van der Waals surface area (Å²) in [4.78, 5) is 14.0. The fourth-order valence-electron chi connectivity index (χ4n) is 3.38. The molecule has 0 saturated carbocycles. The minimum atomic E-state index is -1.08. The highest BCUT2D eigenvalue weighted by atomic mass is 19.1. The van der Waals surface area contributed by atoms with Gasteiger partial charge in [0.05, 0.1) is 18.5 Å². The summed E-state index contributed by atoms with van der Waals surface area (Å²) in [6.07, 6.45) is 2.93. The molecule has 1 unspecified atom stereocenters. The molecular formula is C20H25FN2O4. The Balaban J connectivity index is 1.55. The van der Waals surface area contributed by atoms with Gasteiger partial charge in [0, 0.05) is 25.6 Å². The summed E-state index contributed by atoms with van der Waals surface area (Å²) < 4.78 is 18.7. The molecule has 7 heteroatoms. The van der Waals surface area contributed by atoms with Crippen molar-refractivity contribution in [2.45, 2.75) is 30.8 Å². The predicted octanol–water partition coefficient (Wildman–Crippen LogP) is 2.47. The molecule has 0 radical (unpaired) electrons. The number of likely N-dealkylation sites (tertiary alicyclic amines) is 1. The first kappa shape index (κ1) is 19.4. The summed E-state index contributed by atoms with van der Waals surface area (Å²) in [5.74, 6) is 0.391. The molecule has 0 spiro atoms. The number of piperidine rings is 1. The molecule has 2 heterocycles. The maximum absolute atomic E-state index is 13.2. The third-order valence-corrected chi connectivity index (χ3v) is 5.14. The van der Waals surface area contributed by atoms with Gasteiger partial charge in [-0.25, -0.2) is 9.18 Å². The lowest BCUT2D eigenvalue weighted by molar-refractivity contribution is -0.0526. The maximum atomic E-state index is 13.2. The molecule has 6 nitrogen and oxygen atoms in total. The summed E-state index contributed by atoms with van der Waals surface area (Å²) in [6.45, 7) is 0.957. The molecule has 1 aromatic carbocycles. The number of urea groups is 1. The van der Waals surface area contributed by atoms with Gasteiger partial charge in [-0.3, -0.25) is 0 Å². The van der Waals surface area contributed by atoms with Crippen LogP contribution in [0.5, 0.6) is 0 Å². The van der Waals surface area contributed by atoms with Gasteiger partial charge in [0.15, 0.2) is 0 Å². The van der Waals surface area contributed by atoms with Gasteiger partial charge in [0.25, 0.3) is 0 Å². The fourth-order valence-corrected chi connectivity index (χ4v) is 3.38. The first-order valence-corrected chi connectivity index (χ1v) is 9.16. The van der Waals surface area contributed by atoms with E-state index in [0.29, 0.717) is 38.9 Å². The van der Waals surface area contributed by atoms with Gasteiger partial charge < -0.3 is 24.8 Å². The molecule has 1 aliphatic heterocycles. The molecule has 2 aromatic rings. The summed E-state index contributed by atoms with van der Waals surface area (Å²) in [5.41, 5.74) is -0.157. The van der Waals surface area contributed by atoms with Gasteiger partial charge in [-0.15, -0.1) is 0 Å². The van der Waals surface area contributed by atoms with Crippen LogP contribution < -0.4 is 5.32 Å². The Morgan fingerprint density at radius 2 is 1.96 bits per heavy atom. The predicted molar refractivity (Wildman–Crippen MR) is 97.8 cm³/mol. The standard InChI is InChI=1S/C20H25FN2O4/c21-16-5-3-15(4-6-16)17(18-2-1-13-27-18)7-10-22-19(25)23-11-8-20(26,14-24)9-12-23/h1-6,13,17,24,26H,7-12,14H2,(H,22,25). The van der Waals surface area contributed by atoms with Crippen molar-refractivity contribution in [2.75, 3.05) is 26.2 Å².